The lowest BCUT2D eigenvalue weighted by Gasteiger charge is -2.18. The van der Waals surface area contributed by atoms with E-state index < -0.39 is 24.1 Å². The number of aliphatic carboxylic acids is 1. The molecule has 0 saturated carbocycles. The number of urea groups is 1. The first-order chi connectivity index (χ1) is 12.8. The predicted molar refractivity (Wildman–Crippen MR) is 99.4 cm³/mol. The molecule has 0 aliphatic carbocycles. The molecule has 0 spiro atoms. The van der Waals surface area contributed by atoms with E-state index in [1.165, 1.54) is 0 Å². The van der Waals surface area contributed by atoms with Crippen LogP contribution in [0.3, 0.4) is 0 Å². The van der Waals surface area contributed by atoms with Crippen molar-refractivity contribution < 1.29 is 29.3 Å². The van der Waals surface area contributed by atoms with Crippen LogP contribution in [0, 0.1) is 0 Å². The molecule has 4 N–H and O–H groups in total. The van der Waals surface area contributed by atoms with Crippen molar-refractivity contribution in [3.05, 3.63) is 48.5 Å². The maximum absolute atomic E-state index is 11.8. The first kappa shape index (κ1) is 20.1. The molecule has 0 fully saturated rings. The third-order valence-corrected chi connectivity index (χ3v) is 3.54. The molecule has 2 aromatic rings. The van der Waals surface area contributed by atoms with Crippen LogP contribution in [0.5, 0.6) is 17.2 Å². The van der Waals surface area contributed by atoms with Crippen molar-refractivity contribution in [2.45, 2.75) is 19.4 Å². The van der Waals surface area contributed by atoms with E-state index in [9.17, 15) is 14.7 Å². The Morgan fingerprint density at radius 2 is 1.52 bits per heavy atom. The van der Waals surface area contributed by atoms with Crippen molar-refractivity contribution in [1.82, 2.24) is 5.32 Å². The van der Waals surface area contributed by atoms with Crippen LogP contribution in [0.2, 0.25) is 0 Å². The zero-order chi connectivity index (χ0) is 19.9. The third-order valence-electron chi connectivity index (χ3n) is 3.54. The maximum Gasteiger partial charge on any atom is 0.337 e. The number of ether oxygens (including phenoxy) is 2. The van der Waals surface area contributed by atoms with Crippen LogP contribution < -0.4 is 20.1 Å². The number of carbonyl (C=O) groups is 2. The number of rotatable bonds is 8. The zero-order valence-electron chi connectivity index (χ0n) is 15.1. The molecule has 0 bridgehead atoms. The summed E-state index contributed by atoms with van der Waals surface area (Å²) in [6.07, 6.45) is 0. The number of amides is 2. The fourth-order valence-electron chi connectivity index (χ4n) is 2.02. The number of aliphatic hydroxyl groups is 1. The van der Waals surface area contributed by atoms with Crippen molar-refractivity contribution >= 4 is 17.7 Å². The van der Waals surface area contributed by atoms with E-state index in [4.69, 9.17) is 14.6 Å². The van der Waals surface area contributed by atoms with E-state index >= 15 is 0 Å². The van der Waals surface area contributed by atoms with Gasteiger partial charge in [-0.25, -0.2) is 9.59 Å². The topological polar surface area (TPSA) is 117 Å². The van der Waals surface area contributed by atoms with Crippen LogP contribution in [-0.2, 0) is 4.79 Å². The van der Waals surface area contributed by atoms with Gasteiger partial charge in [-0.05, 0) is 62.4 Å². The first-order valence-corrected chi connectivity index (χ1v) is 8.31. The number of hydrogen-bond acceptors (Lipinski definition) is 5. The van der Waals surface area contributed by atoms with Gasteiger partial charge in [0, 0.05) is 5.69 Å². The average Bonchev–Trinajstić information content (AvgIpc) is 2.63. The molecule has 2 rings (SSSR count). The zero-order valence-corrected chi connectivity index (χ0v) is 15.1. The highest BCUT2D eigenvalue weighted by Gasteiger charge is 2.30. The molecule has 1 unspecified atom stereocenters. The first-order valence-electron chi connectivity index (χ1n) is 8.31. The van der Waals surface area contributed by atoms with Crippen LogP contribution in [0.1, 0.15) is 13.8 Å². The molecule has 2 aromatic carbocycles. The minimum Gasteiger partial charge on any atom is -0.494 e. The van der Waals surface area contributed by atoms with Gasteiger partial charge in [0.15, 0.2) is 5.60 Å². The Hall–Kier alpha value is -3.26. The summed E-state index contributed by atoms with van der Waals surface area (Å²) in [5.41, 5.74) is -1.55. The summed E-state index contributed by atoms with van der Waals surface area (Å²) in [7, 11) is 0. The predicted octanol–water partition coefficient (Wildman–Crippen LogP) is 2.83. The van der Waals surface area contributed by atoms with Gasteiger partial charge in [-0.1, -0.05) is 0 Å². The Morgan fingerprint density at radius 3 is 2.04 bits per heavy atom. The van der Waals surface area contributed by atoms with Gasteiger partial charge in [0.2, 0.25) is 0 Å². The van der Waals surface area contributed by atoms with Crippen molar-refractivity contribution in [3.63, 3.8) is 0 Å². The normalized spacial score (nSPS) is 12.6. The molecule has 0 saturated heterocycles. The van der Waals surface area contributed by atoms with E-state index in [0.29, 0.717) is 23.8 Å². The third kappa shape index (κ3) is 6.19. The standard InChI is InChI=1S/C19H22N2O6/c1-3-26-14-8-10-16(11-9-14)27-15-6-4-13(5-7-15)21-18(24)20-12-19(2,25)17(22)23/h4-11,25H,3,12H2,1-2H3,(H,22,23)(H2,20,21,24). The number of carboxylic acids is 1. The monoisotopic (exact) mass is 374 g/mol. The highest BCUT2D eigenvalue weighted by molar-refractivity contribution is 5.90. The summed E-state index contributed by atoms with van der Waals surface area (Å²) in [5.74, 6) is 0.572. The van der Waals surface area contributed by atoms with Gasteiger partial charge >= 0.3 is 12.0 Å². The van der Waals surface area contributed by atoms with Gasteiger partial charge in [-0.15, -0.1) is 0 Å². The molecule has 2 amide bonds. The second-order valence-electron chi connectivity index (χ2n) is 5.92. The smallest absolute Gasteiger partial charge is 0.337 e. The fourth-order valence-corrected chi connectivity index (χ4v) is 2.02. The Morgan fingerprint density at radius 1 is 1.00 bits per heavy atom. The van der Waals surface area contributed by atoms with Crippen molar-refractivity contribution in [2.24, 2.45) is 0 Å². The second kappa shape index (κ2) is 8.91. The van der Waals surface area contributed by atoms with Crippen LogP contribution in [-0.4, -0.2) is 41.0 Å². The average molecular weight is 374 g/mol. The molecule has 0 aliphatic heterocycles. The van der Waals surface area contributed by atoms with Gasteiger partial charge in [0.25, 0.3) is 0 Å². The van der Waals surface area contributed by atoms with Crippen molar-refractivity contribution in [3.8, 4) is 17.2 Å². The summed E-state index contributed by atoms with van der Waals surface area (Å²) in [5, 5.41) is 23.2. The molecular weight excluding hydrogens is 352 g/mol. The molecule has 8 nitrogen and oxygen atoms in total. The molecule has 0 aromatic heterocycles. The highest BCUT2D eigenvalue weighted by Crippen LogP contribution is 2.25. The molecule has 27 heavy (non-hydrogen) atoms. The lowest BCUT2D eigenvalue weighted by Crippen LogP contribution is -2.47. The van der Waals surface area contributed by atoms with E-state index in [-0.39, 0.29) is 0 Å². The Kier molecular flexibility index (Phi) is 6.62. The van der Waals surface area contributed by atoms with Gasteiger partial charge in [0.1, 0.15) is 17.2 Å². The summed E-state index contributed by atoms with van der Waals surface area (Å²) >= 11 is 0. The summed E-state index contributed by atoms with van der Waals surface area (Å²) in [6.45, 7) is 3.18. The number of benzene rings is 2. The number of nitrogens with one attached hydrogen (secondary N) is 2. The minimum atomic E-state index is -2.03. The highest BCUT2D eigenvalue weighted by atomic mass is 16.5. The maximum atomic E-state index is 11.8. The number of carboxylic acid groups (broad SMARTS) is 1. The van der Waals surface area contributed by atoms with Crippen molar-refractivity contribution in [2.75, 3.05) is 18.5 Å². The SMILES string of the molecule is CCOc1ccc(Oc2ccc(NC(=O)NCC(C)(O)C(=O)O)cc2)cc1. The van der Waals surface area contributed by atoms with Gasteiger partial charge < -0.3 is 30.3 Å². The summed E-state index contributed by atoms with van der Waals surface area (Å²) in [4.78, 5) is 22.6. The van der Waals surface area contributed by atoms with Crippen molar-refractivity contribution in [1.29, 1.82) is 0 Å². The fraction of sp³-hybridized carbons (Fsp3) is 0.263. The van der Waals surface area contributed by atoms with Gasteiger partial charge in [-0.3, -0.25) is 0 Å². The van der Waals surface area contributed by atoms with Crippen LogP contribution in [0.25, 0.3) is 0 Å². The lowest BCUT2D eigenvalue weighted by molar-refractivity contribution is -0.155. The Balaban J connectivity index is 1.87. The molecule has 0 radical (unpaired) electrons. The Labute approximate surface area is 156 Å². The van der Waals surface area contributed by atoms with E-state index in [2.05, 4.69) is 10.6 Å². The molecular formula is C19H22N2O6. The molecule has 1 atom stereocenters. The number of carbonyl (C=O) groups excluding carboxylic acids is 1. The molecule has 0 heterocycles. The van der Waals surface area contributed by atoms with Crippen LogP contribution >= 0.6 is 0 Å². The molecule has 8 heteroatoms. The van der Waals surface area contributed by atoms with E-state index in [1.807, 2.05) is 19.1 Å². The van der Waals surface area contributed by atoms with Gasteiger partial charge in [-0.2, -0.15) is 0 Å². The molecule has 0 aliphatic rings. The largest absolute Gasteiger partial charge is 0.494 e. The van der Waals surface area contributed by atoms with E-state index in [0.717, 1.165) is 12.7 Å². The minimum absolute atomic E-state index is 0.424. The lowest BCUT2D eigenvalue weighted by atomic mass is 10.1. The van der Waals surface area contributed by atoms with Gasteiger partial charge in [0.05, 0.1) is 13.2 Å². The Bertz CT molecular complexity index is 772. The quantitative estimate of drug-likeness (QED) is 0.564. The summed E-state index contributed by atoms with van der Waals surface area (Å²) < 4.78 is 11.1. The summed E-state index contributed by atoms with van der Waals surface area (Å²) in [6, 6.07) is 13.2. The van der Waals surface area contributed by atoms with E-state index in [1.54, 1.807) is 36.4 Å². The van der Waals surface area contributed by atoms with Crippen LogP contribution in [0.4, 0.5) is 10.5 Å². The number of anilines is 1. The second-order valence-corrected chi connectivity index (χ2v) is 5.92. The molecule has 144 valence electrons. The number of hydrogen-bond donors (Lipinski definition) is 4. The van der Waals surface area contributed by atoms with Crippen LogP contribution in [0.15, 0.2) is 48.5 Å².